The van der Waals surface area contributed by atoms with Crippen molar-refractivity contribution in [2.45, 2.75) is 13.3 Å². The second-order valence-electron chi connectivity index (χ2n) is 3.14. The molecular weight excluding hydrogens is 290 g/mol. The first-order chi connectivity index (χ1) is 9.06. The SMILES string of the molecule is CCC(CO)(CO)CO[N+](=O)[O-].O=[N+]([O-])O.O=[N+]([O-])O. The number of hydrogen-bond donors (Lipinski definition) is 4. The summed E-state index contributed by atoms with van der Waals surface area (Å²) >= 11 is 0. The lowest BCUT2D eigenvalue weighted by Gasteiger charge is -2.26. The lowest BCUT2D eigenvalue weighted by Crippen LogP contribution is -2.35. The van der Waals surface area contributed by atoms with Gasteiger partial charge in [-0.15, -0.1) is 30.3 Å². The molecule has 0 aliphatic heterocycles. The Morgan fingerprint density at radius 1 is 1.00 bits per heavy atom. The monoisotopic (exact) mass is 305 g/mol. The maximum atomic E-state index is 9.81. The highest BCUT2D eigenvalue weighted by molar-refractivity contribution is 4.74. The Kier molecular flexibility index (Phi) is 14.7. The molecule has 120 valence electrons. The Hall–Kier alpha value is -2.48. The molecule has 0 radical (unpaired) electrons. The van der Waals surface area contributed by atoms with Gasteiger partial charge in [0.15, 0.2) is 0 Å². The van der Waals surface area contributed by atoms with Crippen molar-refractivity contribution in [1.29, 1.82) is 0 Å². The minimum atomic E-state index is -1.50. The van der Waals surface area contributed by atoms with Gasteiger partial charge in [0.25, 0.3) is 15.3 Å². The van der Waals surface area contributed by atoms with E-state index in [1.807, 2.05) is 0 Å². The lowest BCUT2D eigenvalue weighted by atomic mass is 9.88. The molecule has 0 amide bonds. The number of aliphatic hydroxyl groups is 2. The highest BCUT2D eigenvalue weighted by atomic mass is 17.0. The third-order valence-corrected chi connectivity index (χ3v) is 1.90. The van der Waals surface area contributed by atoms with E-state index in [0.717, 1.165) is 0 Å². The van der Waals surface area contributed by atoms with Gasteiger partial charge in [-0.2, -0.15) is 0 Å². The molecule has 0 unspecified atom stereocenters. The number of nitrogens with zero attached hydrogens (tertiary/aromatic N) is 3. The van der Waals surface area contributed by atoms with Gasteiger partial charge in [-0.05, 0) is 6.42 Å². The zero-order valence-electron chi connectivity index (χ0n) is 10.3. The third-order valence-electron chi connectivity index (χ3n) is 1.90. The van der Waals surface area contributed by atoms with Crippen LogP contribution in [-0.4, -0.2) is 55.7 Å². The van der Waals surface area contributed by atoms with Gasteiger partial charge in [0.2, 0.25) is 0 Å². The van der Waals surface area contributed by atoms with Gasteiger partial charge in [0.1, 0.15) is 6.61 Å². The van der Waals surface area contributed by atoms with Crippen LogP contribution >= 0.6 is 0 Å². The van der Waals surface area contributed by atoms with Crippen LogP contribution in [0.5, 0.6) is 0 Å². The molecule has 0 aliphatic carbocycles. The molecule has 0 aromatic heterocycles. The number of aliphatic hydroxyl groups excluding tert-OH is 2. The van der Waals surface area contributed by atoms with E-state index >= 15 is 0 Å². The van der Waals surface area contributed by atoms with Crippen molar-refractivity contribution in [3.8, 4) is 0 Å². The zero-order chi connectivity index (χ0) is 16.8. The largest absolute Gasteiger partial charge is 0.396 e. The van der Waals surface area contributed by atoms with E-state index in [9.17, 15) is 10.1 Å². The Morgan fingerprint density at radius 3 is 1.45 bits per heavy atom. The fourth-order valence-corrected chi connectivity index (χ4v) is 0.657. The molecule has 0 aliphatic rings. The Balaban J connectivity index is -0.000000297. The zero-order valence-corrected chi connectivity index (χ0v) is 10.3. The number of hydrogen-bond acceptors (Lipinski definition) is 9. The predicted molar refractivity (Wildman–Crippen MR) is 57.4 cm³/mol. The Labute approximate surface area is 111 Å². The van der Waals surface area contributed by atoms with Gasteiger partial charge in [-0.3, -0.25) is 0 Å². The van der Waals surface area contributed by atoms with Crippen LogP contribution in [0.1, 0.15) is 13.3 Å². The molecule has 14 heteroatoms. The van der Waals surface area contributed by atoms with Crippen LogP contribution in [0.2, 0.25) is 0 Å². The second kappa shape index (κ2) is 13.0. The van der Waals surface area contributed by atoms with Crippen LogP contribution in [0.4, 0.5) is 0 Å². The smallest absolute Gasteiger partial charge is 0.294 e. The fraction of sp³-hybridized carbons (Fsp3) is 1.00. The summed E-state index contributed by atoms with van der Waals surface area (Å²) in [5.74, 6) is 0. The highest BCUT2D eigenvalue weighted by Crippen LogP contribution is 2.20. The second-order valence-corrected chi connectivity index (χ2v) is 3.14. The maximum absolute atomic E-state index is 9.81. The third kappa shape index (κ3) is 20.9. The van der Waals surface area contributed by atoms with E-state index in [1.54, 1.807) is 6.92 Å². The summed E-state index contributed by atoms with van der Waals surface area (Å²) < 4.78 is 0. The summed E-state index contributed by atoms with van der Waals surface area (Å²) in [6.07, 6.45) is 0.424. The van der Waals surface area contributed by atoms with Gasteiger partial charge in [0.05, 0.1) is 13.2 Å². The molecule has 4 N–H and O–H groups in total. The quantitative estimate of drug-likeness (QED) is 0.339. The first kappa shape index (κ1) is 22.7. The summed E-state index contributed by atoms with van der Waals surface area (Å²) in [5, 5.41) is 53.8. The van der Waals surface area contributed by atoms with Gasteiger partial charge in [-0.1, -0.05) is 6.92 Å². The van der Waals surface area contributed by atoms with Crippen molar-refractivity contribution in [2.24, 2.45) is 5.41 Å². The molecule has 14 nitrogen and oxygen atoms in total. The van der Waals surface area contributed by atoms with Gasteiger partial charge in [-0.25, -0.2) is 0 Å². The van der Waals surface area contributed by atoms with E-state index in [2.05, 4.69) is 4.84 Å². The fourth-order valence-electron chi connectivity index (χ4n) is 0.657. The maximum Gasteiger partial charge on any atom is 0.294 e. The van der Waals surface area contributed by atoms with Crippen LogP contribution < -0.4 is 0 Å². The molecule has 0 rings (SSSR count). The summed E-state index contributed by atoms with van der Waals surface area (Å²) in [7, 11) is 0. The van der Waals surface area contributed by atoms with E-state index in [1.165, 1.54) is 0 Å². The Bertz CT molecular complexity index is 264. The average molecular weight is 305 g/mol. The van der Waals surface area contributed by atoms with Crippen LogP contribution in [0.25, 0.3) is 0 Å². The lowest BCUT2D eigenvalue weighted by molar-refractivity contribution is -0.761. The first-order valence-electron chi connectivity index (χ1n) is 4.72. The highest BCUT2D eigenvalue weighted by Gasteiger charge is 2.28. The van der Waals surface area contributed by atoms with Crippen molar-refractivity contribution in [1.82, 2.24) is 0 Å². The summed E-state index contributed by atoms with van der Waals surface area (Å²) in [6, 6.07) is 0. The molecule has 0 saturated heterocycles. The topological polar surface area (TPSA) is 220 Å². The van der Waals surface area contributed by atoms with Crippen LogP contribution in [-0.2, 0) is 4.84 Å². The normalized spacial score (nSPS) is 9.15. The molecule has 0 heterocycles. The summed E-state index contributed by atoms with van der Waals surface area (Å²) in [5.41, 5.74) is -0.896. The van der Waals surface area contributed by atoms with E-state index in [-0.39, 0.29) is 19.8 Å². The molecule has 0 saturated carbocycles. The van der Waals surface area contributed by atoms with Gasteiger partial charge >= 0.3 is 0 Å². The molecule has 20 heavy (non-hydrogen) atoms. The van der Waals surface area contributed by atoms with E-state index in [4.69, 9.17) is 40.9 Å². The molecule has 0 aromatic rings. The minimum Gasteiger partial charge on any atom is -0.396 e. The van der Waals surface area contributed by atoms with E-state index < -0.39 is 20.7 Å². The molecular formula is C6H15N3O11. The van der Waals surface area contributed by atoms with Crippen molar-refractivity contribution >= 4 is 0 Å². The van der Waals surface area contributed by atoms with Crippen LogP contribution in [0.3, 0.4) is 0 Å². The van der Waals surface area contributed by atoms with Gasteiger partial charge in [0, 0.05) is 5.41 Å². The van der Waals surface area contributed by atoms with Crippen molar-refractivity contribution < 1.29 is 40.7 Å². The van der Waals surface area contributed by atoms with Crippen molar-refractivity contribution in [3.63, 3.8) is 0 Å². The summed E-state index contributed by atoms with van der Waals surface area (Å²) in [4.78, 5) is 30.6. The molecule has 0 bridgehead atoms. The minimum absolute atomic E-state index is 0.274. The molecule has 0 spiro atoms. The Morgan fingerprint density at radius 2 is 1.30 bits per heavy atom. The van der Waals surface area contributed by atoms with Crippen LogP contribution in [0.15, 0.2) is 0 Å². The van der Waals surface area contributed by atoms with Crippen LogP contribution in [0, 0.1) is 35.8 Å². The van der Waals surface area contributed by atoms with Gasteiger partial charge < -0.3 is 25.5 Å². The first-order valence-corrected chi connectivity index (χ1v) is 4.72. The van der Waals surface area contributed by atoms with E-state index in [0.29, 0.717) is 6.42 Å². The predicted octanol–water partition coefficient (Wildman–Crippen LogP) is -1.12. The molecule has 0 aromatic carbocycles. The average Bonchev–Trinajstić information content (AvgIpc) is 2.30. The summed E-state index contributed by atoms with van der Waals surface area (Å²) in [6.45, 7) is 0.793. The van der Waals surface area contributed by atoms with Crippen molar-refractivity contribution in [3.05, 3.63) is 30.3 Å². The number of rotatable bonds is 6. The molecule has 0 fully saturated rings. The standard InChI is InChI=1S/C6H13NO5.2HNO3/c1-2-6(3-8,4-9)5-12-7(10)11;2*2-1(3)4/h8-9H,2-5H2,1H3;2*(H,2,3,4). The van der Waals surface area contributed by atoms with Crippen molar-refractivity contribution in [2.75, 3.05) is 19.8 Å². The molecule has 0 atom stereocenters.